The SMILES string of the molecule is CC(C(N)=O)c1ncccc1Cl. The van der Waals surface area contributed by atoms with Crippen molar-refractivity contribution in [1.29, 1.82) is 0 Å². The zero-order valence-electron chi connectivity index (χ0n) is 6.62. The van der Waals surface area contributed by atoms with Gasteiger partial charge in [0.2, 0.25) is 5.91 Å². The zero-order chi connectivity index (χ0) is 9.14. The molecule has 0 aliphatic rings. The molecule has 1 atom stereocenters. The first kappa shape index (κ1) is 9.00. The molecule has 1 aromatic rings. The van der Waals surface area contributed by atoms with Crippen LogP contribution in [0.1, 0.15) is 18.5 Å². The summed E-state index contributed by atoms with van der Waals surface area (Å²) >= 11 is 5.79. The first-order valence-corrected chi connectivity index (χ1v) is 3.90. The molecule has 4 heteroatoms. The molecule has 1 heterocycles. The number of rotatable bonds is 2. The van der Waals surface area contributed by atoms with Gasteiger partial charge in [0.15, 0.2) is 0 Å². The number of nitrogens with zero attached hydrogens (tertiary/aromatic N) is 1. The van der Waals surface area contributed by atoms with Gasteiger partial charge >= 0.3 is 0 Å². The predicted molar refractivity (Wildman–Crippen MR) is 46.9 cm³/mol. The molecule has 0 fully saturated rings. The first-order valence-electron chi connectivity index (χ1n) is 3.52. The molecule has 64 valence electrons. The summed E-state index contributed by atoms with van der Waals surface area (Å²) < 4.78 is 0. The van der Waals surface area contributed by atoms with Crippen LogP contribution in [0.5, 0.6) is 0 Å². The second-order valence-corrected chi connectivity index (χ2v) is 2.90. The molecule has 0 aromatic carbocycles. The van der Waals surface area contributed by atoms with Gasteiger partial charge in [-0.1, -0.05) is 11.6 Å². The van der Waals surface area contributed by atoms with Crippen LogP contribution in [0, 0.1) is 0 Å². The molecule has 1 amide bonds. The van der Waals surface area contributed by atoms with E-state index in [-0.39, 0.29) is 0 Å². The van der Waals surface area contributed by atoms with Crippen molar-refractivity contribution in [3.63, 3.8) is 0 Å². The Bertz CT molecular complexity index is 301. The van der Waals surface area contributed by atoms with Crippen molar-refractivity contribution in [3.8, 4) is 0 Å². The lowest BCUT2D eigenvalue weighted by molar-refractivity contribution is -0.119. The van der Waals surface area contributed by atoms with Crippen LogP contribution in [-0.2, 0) is 4.79 Å². The van der Waals surface area contributed by atoms with E-state index in [0.29, 0.717) is 10.7 Å². The molecule has 12 heavy (non-hydrogen) atoms. The number of pyridine rings is 1. The van der Waals surface area contributed by atoms with E-state index >= 15 is 0 Å². The number of aromatic nitrogens is 1. The second kappa shape index (κ2) is 3.54. The van der Waals surface area contributed by atoms with E-state index in [0.717, 1.165) is 0 Å². The minimum absolute atomic E-state index is 0.421. The second-order valence-electron chi connectivity index (χ2n) is 2.49. The van der Waals surface area contributed by atoms with Crippen molar-refractivity contribution in [3.05, 3.63) is 29.0 Å². The fourth-order valence-electron chi connectivity index (χ4n) is 0.851. The number of carbonyl (C=O) groups excluding carboxylic acids is 1. The lowest BCUT2D eigenvalue weighted by Crippen LogP contribution is -2.19. The van der Waals surface area contributed by atoms with Crippen molar-refractivity contribution in [2.24, 2.45) is 5.73 Å². The highest BCUT2D eigenvalue weighted by molar-refractivity contribution is 6.31. The molecule has 0 saturated carbocycles. The van der Waals surface area contributed by atoms with Crippen LogP contribution in [0.4, 0.5) is 0 Å². The Kier molecular flexibility index (Phi) is 2.65. The fraction of sp³-hybridized carbons (Fsp3) is 0.250. The lowest BCUT2D eigenvalue weighted by Gasteiger charge is -2.06. The molecular formula is C8H9ClN2O. The Morgan fingerprint density at radius 2 is 2.42 bits per heavy atom. The molecular weight excluding hydrogens is 176 g/mol. The predicted octanol–water partition coefficient (Wildman–Crippen LogP) is 1.32. The maximum atomic E-state index is 10.8. The number of nitrogens with two attached hydrogens (primary N) is 1. The summed E-state index contributed by atoms with van der Waals surface area (Å²) in [7, 11) is 0. The highest BCUT2D eigenvalue weighted by Crippen LogP contribution is 2.20. The number of carbonyl (C=O) groups is 1. The van der Waals surface area contributed by atoms with E-state index in [1.54, 1.807) is 25.3 Å². The van der Waals surface area contributed by atoms with E-state index in [9.17, 15) is 4.79 Å². The average Bonchev–Trinajstić information content (AvgIpc) is 2.04. The molecule has 1 rings (SSSR count). The molecule has 1 aromatic heterocycles. The van der Waals surface area contributed by atoms with Crippen LogP contribution < -0.4 is 5.73 Å². The highest BCUT2D eigenvalue weighted by Gasteiger charge is 2.15. The maximum Gasteiger partial charge on any atom is 0.226 e. The smallest absolute Gasteiger partial charge is 0.226 e. The largest absolute Gasteiger partial charge is 0.369 e. The van der Waals surface area contributed by atoms with Gasteiger partial charge in [0, 0.05) is 6.20 Å². The van der Waals surface area contributed by atoms with Gasteiger partial charge in [-0.2, -0.15) is 0 Å². The molecule has 0 bridgehead atoms. The van der Waals surface area contributed by atoms with E-state index < -0.39 is 11.8 Å². The van der Waals surface area contributed by atoms with Crippen LogP contribution in [-0.4, -0.2) is 10.9 Å². The van der Waals surface area contributed by atoms with Gasteiger partial charge in [0.05, 0.1) is 16.6 Å². The molecule has 0 spiro atoms. The van der Waals surface area contributed by atoms with Crippen LogP contribution in [0.2, 0.25) is 5.02 Å². The standard InChI is InChI=1S/C8H9ClN2O/c1-5(8(10)12)7-6(9)3-2-4-11-7/h2-5H,1H3,(H2,10,12). The van der Waals surface area contributed by atoms with Gasteiger partial charge in [-0.3, -0.25) is 9.78 Å². The first-order chi connectivity index (χ1) is 5.63. The lowest BCUT2D eigenvalue weighted by atomic mass is 10.1. The van der Waals surface area contributed by atoms with Crippen molar-refractivity contribution in [2.45, 2.75) is 12.8 Å². The number of hydrogen-bond acceptors (Lipinski definition) is 2. The molecule has 2 N–H and O–H groups in total. The number of primary amides is 1. The van der Waals surface area contributed by atoms with Gasteiger partial charge in [-0.25, -0.2) is 0 Å². The van der Waals surface area contributed by atoms with E-state index in [1.807, 2.05) is 0 Å². The van der Waals surface area contributed by atoms with Crippen LogP contribution in [0.15, 0.2) is 18.3 Å². The summed E-state index contributed by atoms with van der Waals surface area (Å²) in [6.45, 7) is 1.68. The zero-order valence-corrected chi connectivity index (χ0v) is 7.38. The summed E-state index contributed by atoms with van der Waals surface area (Å²) in [5.41, 5.74) is 5.63. The Hall–Kier alpha value is -1.09. The molecule has 3 nitrogen and oxygen atoms in total. The van der Waals surface area contributed by atoms with Crippen LogP contribution in [0.25, 0.3) is 0 Å². The molecule has 0 radical (unpaired) electrons. The quantitative estimate of drug-likeness (QED) is 0.754. The van der Waals surface area contributed by atoms with Crippen molar-refractivity contribution in [1.82, 2.24) is 4.98 Å². The monoisotopic (exact) mass is 184 g/mol. The number of hydrogen-bond donors (Lipinski definition) is 1. The summed E-state index contributed by atoms with van der Waals surface area (Å²) in [5.74, 6) is -0.853. The van der Waals surface area contributed by atoms with E-state index in [4.69, 9.17) is 17.3 Å². The summed E-state index contributed by atoms with van der Waals surface area (Å²) in [5, 5.41) is 0.476. The third-order valence-electron chi connectivity index (χ3n) is 1.62. The average molecular weight is 185 g/mol. The Labute approximate surface area is 75.6 Å². The van der Waals surface area contributed by atoms with Gasteiger partial charge in [-0.15, -0.1) is 0 Å². The van der Waals surface area contributed by atoms with Gasteiger partial charge in [-0.05, 0) is 19.1 Å². The topological polar surface area (TPSA) is 56.0 Å². The minimum atomic E-state index is -0.432. The van der Waals surface area contributed by atoms with Crippen molar-refractivity contribution >= 4 is 17.5 Å². The molecule has 1 unspecified atom stereocenters. The maximum absolute atomic E-state index is 10.8. The molecule has 0 aliphatic carbocycles. The Balaban J connectivity index is 3.02. The van der Waals surface area contributed by atoms with E-state index in [1.165, 1.54) is 0 Å². The normalized spacial score (nSPS) is 12.5. The summed E-state index contributed by atoms with van der Waals surface area (Å²) in [6.07, 6.45) is 1.58. The number of amides is 1. The van der Waals surface area contributed by atoms with Crippen molar-refractivity contribution < 1.29 is 4.79 Å². The molecule has 0 aliphatic heterocycles. The fourth-order valence-corrected chi connectivity index (χ4v) is 1.14. The Morgan fingerprint density at radius 3 is 2.92 bits per heavy atom. The summed E-state index contributed by atoms with van der Waals surface area (Å²) in [4.78, 5) is 14.7. The highest BCUT2D eigenvalue weighted by atomic mass is 35.5. The minimum Gasteiger partial charge on any atom is -0.369 e. The third-order valence-corrected chi connectivity index (χ3v) is 1.94. The van der Waals surface area contributed by atoms with E-state index in [2.05, 4.69) is 4.98 Å². The van der Waals surface area contributed by atoms with Crippen LogP contribution >= 0.6 is 11.6 Å². The van der Waals surface area contributed by atoms with Crippen molar-refractivity contribution in [2.75, 3.05) is 0 Å². The number of halogens is 1. The van der Waals surface area contributed by atoms with Gasteiger partial charge < -0.3 is 5.73 Å². The molecule has 0 saturated heterocycles. The van der Waals surface area contributed by atoms with Crippen LogP contribution in [0.3, 0.4) is 0 Å². The Morgan fingerprint density at radius 1 is 1.75 bits per heavy atom. The third kappa shape index (κ3) is 1.74. The van der Waals surface area contributed by atoms with Gasteiger partial charge in [0.25, 0.3) is 0 Å². The summed E-state index contributed by atoms with van der Waals surface area (Å²) in [6, 6.07) is 3.39. The van der Waals surface area contributed by atoms with Gasteiger partial charge in [0.1, 0.15) is 0 Å².